The number of hydrogen-bond acceptors (Lipinski definition) is 5. The maximum atomic E-state index is 13.6. The summed E-state index contributed by atoms with van der Waals surface area (Å²) >= 11 is 0. The Morgan fingerprint density at radius 3 is 1.89 bits per heavy atom. The third kappa shape index (κ3) is 5.25. The average molecular weight is 473 g/mol. The summed E-state index contributed by atoms with van der Waals surface area (Å²) in [6, 6.07) is 24.6. The van der Waals surface area contributed by atoms with Gasteiger partial charge in [0.15, 0.2) is 0 Å². The van der Waals surface area contributed by atoms with Gasteiger partial charge in [0.1, 0.15) is 17.5 Å². The van der Waals surface area contributed by atoms with Gasteiger partial charge in [-0.25, -0.2) is 0 Å². The molecule has 0 saturated heterocycles. The Morgan fingerprint density at radius 2 is 1.37 bits per heavy atom. The van der Waals surface area contributed by atoms with E-state index in [1.807, 2.05) is 12.1 Å². The molecule has 1 fully saturated rings. The summed E-state index contributed by atoms with van der Waals surface area (Å²) in [5.74, 6) is -3.95. The van der Waals surface area contributed by atoms with Crippen LogP contribution in [0.4, 0.5) is 11.4 Å². The first-order valence-corrected chi connectivity index (χ1v) is 11.4. The van der Waals surface area contributed by atoms with Crippen molar-refractivity contribution < 1.29 is 24.2 Å². The van der Waals surface area contributed by atoms with Crippen LogP contribution in [0.2, 0.25) is 0 Å². The molecule has 7 nitrogen and oxygen atoms in total. The molecule has 7 heteroatoms. The number of aliphatic hydroxyl groups is 1. The fraction of sp³-hybridized carbons (Fsp3) is 0.250. The number of methoxy groups -OCH3 is 1. The number of rotatable bonds is 6. The van der Waals surface area contributed by atoms with Crippen LogP contribution < -0.4 is 15.4 Å². The molecule has 0 bridgehead atoms. The highest BCUT2D eigenvalue weighted by Gasteiger charge is 2.55. The van der Waals surface area contributed by atoms with Gasteiger partial charge in [0.25, 0.3) is 0 Å². The van der Waals surface area contributed by atoms with Gasteiger partial charge in [-0.1, -0.05) is 48.5 Å². The number of amides is 2. The second kappa shape index (κ2) is 10.1. The first-order chi connectivity index (χ1) is 16.8. The zero-order valence-electron chi connectivity index (χ0n) is 19.6. The van der Waals surface area contributed by atoms with E-state index in [1.165, 1.54) is 14.0 Å². The zero-order valence-corrected chi connectivity index (χ0v) is 19.6. The zero-order chi connectivity index (χ0) is 25.0. The fourth-order valence-electron chi connectivity index (χ4n) is 4.80. The second-order valence-corrected chi connectivity index (χ2v) is 8.97. The molecule has 3 N–H and O–H groups in total. The van der Waals surface area contributed by atoms with Crippen LogP contribution in [0.15, 0.2) is 84.9 Å². The molecule has 180 valence electrons. The van der Waals surface area contributed by atoms with Gasteiger partial charge in [0.05, 0.1) is 18.6 Å². The first-order valence-electron chi connectivity index (χ1n) is 11.4. The number of carbonyl (C=O) groups is 3. The van der Waals surface area contributed by atoms with Crippen molar-refractivity contribution in [1.82, 2.24) is 0 Å². The maximum absolute atomic E-state index is 13.6. The molecule has 0 heterocycles. The van der Waals surface area contributed by atoms with Crippen molar-refractivity contribution in [2.45, 2.75) is 24.9 Å². The van der Waals surface area contributed by atoms with Crippen LogP contribution in [-0.4, -0.2) is 35.4 Å². The van der Waals surface area contributed by atoms with Gasteiger partial charge >= 0.3 is 0 Å². The number of hydrogen-bond donors (Lipinski definition) is 3. The first kappa shape index (κ1) is 24.2. The van der Waals surface area contributed by atoms with Gasteiger partial charge in [-0.05, 0) is 48.9 Å². The molecule has 0 unspecified atom stereocenters. The molecule has 1 aliphatic carbocycles. The molecular formula is C28H28N2O5. The highest BCUT2D eigenvalue weighted by atomic mass is 16.5. The quantitative estimate of drug-likeness (QED) is 0.470. The maximum Gasteiger partial charge on any atom is 0.235 e. The molecule has 3 aromatic carbocycles. The minimum absolute atomic E-state index is 0.320. The number of carbonyl (C=O) groups excluding carboxylic acids is 3. The van der Waals surface area contributed by atoms with E-state index in [0.717, 1.165) is 0 Å². The highest BCUT2D eigenvalue weighted by molar-refractivity contribution is 6.10. The molecule has 3 aromatic rings. The topological polar surface area (TPSA) is 105 Å². The van der Waals surface area contributed by atoms with E-state index >= 15 is 0 Å². The number of benzene rings is 3. The summed E-state index contributed by atoms with van der Waals surface area (Å²) in [4.78, 5) is 40.3. The van der Waals surface area contributed by atoms with E-state index in [1.54, 1.807) is 72.8 Å². The van der Waals surface area contributed by atoms with Crippen molar-refractivity contribution >= 4 is 29.0 Å². The van der Waals surface area contributed by atoms with Gasteiger partial charge in [0, 0.05) is 23.7 Å². The van der Waals surface area contributed by atoms with E-state index < -0.39 is 41.0 Å². The fourth-order valence-corrected chi connectivity index (χ4v) is 4.80. The predicted octanol–water partition coefficient (Wildman–Crippen LogP) is 4.01. The third-order valence-electron chi connectivity index (χ3n) is 6.42. The Labute approximate surface area is 204 Å². The largest absolute Gasteiger partial charge is 0.497 e. The molecule has 0 aliphatic heterocycles. The lowest BCUT2D eigenvalue weighted by Gasteiger charge is -2.44. The van der Waals surface area contributed by atoms with Gasteiger partial charge in [0.2, 0.25) is 11.8 Å². The number of para-hydroxylation sites is 2. The van der Waals surface area contributed by atoms with Crippen molar-refractivity contribution in [3.63, 3.8) is 0 Å². The standard InChI is InChI=1S/C28H28N2O5/c1-28(34)17-22(31)24(26(32)29-19-9-5-3-6-10-19)23(18-13-15-21(35-2)16-14-18)25(28)27(33)30-20-11-7-4-8-12-20/h3-16,23-25,34H,17H2,1-2H3,(H,29,32)(H,30,33)/t23-,24+,25+,28-/m1/s1. The van der Waals surface area contributed by atoms with Crippen molar-refractivity contribution in [2.75, 3.05) is 17.7 Å². The van der Waals surface area contributed by atoms with E-state index in [2.05, 4.69) is 10.6 Å². The smallest absolute Gasteiger partial charge is 0.235 e. The van der Waals surface area contributed by atoms with E-state index in [9.17, 15) is 19.5 Å². The normalized spacial score (nSPS) is 23.9. The molecule has 0 spiro atoms. The van der Waals surface area contributed by atoms with Gasteiger partial charge in [-0.2, -0.15) is 0 Å². The Hall–Kier alpha value is -3.97. The van der Waals surface area contributed by atoms with Crippen LogP contribution in [0.25, 0.3) is 0 Å². The molecule has 1 saturated carbocycles. The number of anilines is 2. The van der Waals surface area contributed by atoms with Gasteiger partial charge in [-0.15, -0.1) is 0 Å². The van der Waals surface area contributed by atoms with Crippen molar-refractivity contribution in [2.24, 2.45) is 11.8 Å². The Kier molecular flexibility index (Phi) is 6.98. The van der Waals surface area contributed by atoms with Crippen molar-refractivity contribution in [1.29, 1.82) is 0 Å². The Balaban J connectivity index is 1.76. The molecule has 2 amide bonds. The Bertz CT molecular complexity index is 1190. The van der Waals surface area contributed by atoms with Gasteiger partial charge < -0.3 is 20.5 Å². The predicted molar refractivity (Wildman–Crippen MR) is 133 cm³/mol. The molecule has 0 aromatic heterocycles. The Morgan fingerprint density at radius 1 is 0.857 bits per heavy atom. The molecule has 1 aliphatic rings. The lowest BCUT2D eigenvalue weighted by molar-refractivity contribution is -0.150. The molecule has 4 atom stereocenters. The summed E-state index contributed by atoms with van der Waals surface area (Å²) in [6.07, 6.45) is -0.320. The molecular weight excluding hydrogens is 444 g/mol. The number of ether oxygens (including phenoxy) is 1. The summed E-state index contributed by atoms with van der Waals surface area (Å²) in [6.45, 7) is 1.47. The minimum Gasteiger partial charge on any atom is -0.497 e. The van der Waals surface area contributed by atoms with Crippen LogP contribution in [0, 0.1) is 11.8 Å². The summed E-state index contributed by atoms with van der Waals surface area (Å²) in [5.41, 5.74) is 0.0234. The molecule has 4 rings (SSSR count). The van der Waals surface area contributed by atoms with E-state index in [-0.39, 0.29) is 6.42 Å². The van der Waals surface area contributed by atoms with Crippen LogP contribution in [-0.2, 0) is 14.4 Å². The van der Waals surface area contributed by atoms with Crippen LogP contribution >= 0.6 is 0 Å². The van der Waals surface area contributed by atoms with Crippen LogP contribution in [0.3, 0.4) is 0 Å². The summed E-state index contributed by atoms with van der Waals surface area (Å²) in [5, 5.41) is 17.0. The third-order valence-corrected chi connectivity index (χ3v) is 6.42. The molecule has 0 radical (unpaired) electrons. The van der Waals surface area contributed by atoms with Crippen molar-refractivity contribution in [3.05, 3.63) is 90.5 Å². The van der Waals surface area contributed by atoms with Crippen LogP contribution in [0.1, 0.15) is 24.8 Å². The lowest BCUT2D eigenvalue weighted by atomic mass is 9.61. The van der Waals surface area contributed by atoms with E-state index in [4.69, 9.17) is 4.74 Å². The number of ketones is 1. The van der Waals surface area contributed by atoms with Gasteiger partial charge in [-0.3, -0.25) is 14.4 Å². The number of Topliss-reactive ketones (excluding diaryl/α,β-unsaturated/α-hetero) is 1. The number of nitrogens with one attached hydrogen (secondary N) is 2. The SMILES string of the molecule is COc1ccc([C@@H]2[C@@H](C(=O)Nc3ccccc3)C(=O)C[C@@](C)(O)[C@@H]2C(=O)Nc2ccccc2)cc1. The lowest BCUT2D eigenvalue weighted by Crippen LogP contribution is -2.56. The monoisotopic (exact) mass is 472 g/mol. The van der Waals surface area contributed by atoms with Crippen molar-refractivity contribution in [3.8, 4) is 5.75 Å². The second-order valence-electron chi connectivity index (χ2n) is 8.97. The van der Waals surface area contributed by atoms with E-state index in [0.29, 0.717) is 22.7 Å². The van der Waals surface area contributed by atoms with Crippen LogP contribution in [0.5, 0.6) is 5.75 Å². The molecule has 35 heavy (non-hydrogen) atoms. The summed E-state index contributed by atoms with van der Waals surface area (Å²) in [7, 11) is 1.54. The highest BCUT2D eigenvalue weighted by Crippen LogP contribution is 2.46. The summed E-state index contributed by atoms with van der Waals surface area (Å²) < 4.78 is 5.25. The minimum atomic E-state index is -1.66. The average Bonchev–Trinajstić information content (AvgIpc) is 2.84.